The summed E-state index contributed by atoms with van der Waals surface area (Å²) in [5.74, 6) is -0.670. The average molecular weight is 387 g/mol. The Balaban J connectivity index is 1.96. The fourth-order valence-electron chi connectivity index (χ4n) is 2.88. The highest BCUT2D eigenvalue weighted by molar-refractivity contribution is 6.03. The van der Waals surface area contributed by atoms with E-state index in [0.29, 0.717) is 23.4 Å². The van der Waals surface area contributed by atoms with Gasteiger partial charge in [-0.2, -0.15) is 0 Å². The van der Waals surface area contributed by atoms with Gasteiger partial charge in [-0.15, -0.1) is 0 Å². The molecule has 0 amide bonds. The van der Waals surface area contributed by atoms with Gasteiger partial charge in [0.05, 0.1) is 19.6 Å². The van der Waals surface area contributed by atoms with Crippen molar-refractivity contribution < 1.29 is 28.6 Å². The molecule has 0 fully saturated rings. The van der Waals surface area contributed by atoms with E-state index in [1.54, 1.807) is 45.0 Å². The zero-order chi connectivity index (χ0) is 20.7. The maximum atomic E-state index is 12.5. The Bertz CT molecular complexity index is 851. The lowest BCUT2D eigenvalue weighted by atomic mass is 10.1. The minimum Gasteiger partial charge on any atom is -0.494 e. The molecule has 0 saturated heterocycles. The van der Waals surface area contributed by atoms with Crippen LogP contribution in [0.3, 0.4) is 0 Å². The lowest BCUT2D eigenvalue weighted by Crippen LogP contribution is -2.17. The van der Waals surface area contributed by atoms with Gasteiger partial charge < -0.3 is 19.2 Å². The molecule has 28 heavy (non-hydrogen) atoms. The van der Waals surface area contributed by atoms with Crippen molar-refractivity contribution in [3.05, 3.63) is 52.3 Å². The number of hydrogen-bond donors (Lipinski definition) is 1. The van der Waals surface area contributed by atoms with Gasteiger partial charge in [0, 0.05) is 11.3 Å². The van der Waals surface area contributed by atoms with Crippen LogP contribution in [0.1, 0.15) is 51.5 Å². The summed E-state index contributed by atoms with van der Waals surface area (Å²) in [4.78, 5) is 39.3. The third kappa shape index (κ3) is 5.22. The molecule has 0 atom stereocenters. The first kappa shape index (κ1) is 21.2. The predicted octanol–water partition coefficient (Wildman–Crippen LogP) is 3.18. The number of ether oxygens (including phenoxy) is 3. The van der Waals surface area contributed by atoms with Gasteiger partial charge in [-0.1, -0.05) is 12.1 Å². The van der Waals surface area contributed by atoms with E-state index in [-0.39, 0.29) is 24.5 Å². The topological polar surface area (TPSA) is 94.7 Å². The van der Waals surface area contributed by atoms with Crippen molar-refractivity contribution in [2.24, 2.45) is 0 Å². The minimum absolute atomic E-state index is 0.0544. The summed E-state index contributed by atoms with van der Waals surface area (Å²) >= 11 is 0. The molecule has 1 aromatic carbocycles. The van der Waals surface area contributed by atoms with E-state index >= 15 is 0 Å². The fraction of sp³-hybridized carbons (Fsp3) is 0.381. The number of H-pyrrole nitrogens is 1. The number of rotatable bonds is 9. The van der Waals surface area contributed by atoms with Gasteiger partial charge in [0.15, 0.2) is 6.61 Å². The molecule has 150 valence electrons. The molecule has 0 bridgehead atoms. The first-order valence-electron chi connectivity index (χ1n) is 9.14. The van der Waals surface area contributed by atoms with Crippen LogP contribution in [0.2, 0.25) is 0 Å². The number of carbonyl (C=O) groups is 3. The largest absolute Gasteiger partial charge is 0.494 e. The van der Waals surface area contributed by atoms with Crippen LogP contribution in [0, 0.1) is 13.8 Å². The van der Waals surface area contributed by atoms with E-state index in [1.165, 1.54) is 0 Å². The molecule has 1 aromatic heterocycles. The van der Waals surface area contributed by atoms with Crippen molar-refractivity contribution in [2.45, 2.75) is 34.1 Å². The first-order valence-corrected chi connectivity index (χ1v) is 9.14. The number of hydrogen-bond acceptors (Lipinski definition) is 6. The van der Waals surface area contributed by atoms with Crippen LogP contribution in [0.5, 0.6) is 5.75 Å². The molecule has 2 aromatic rings. The minimum atomic E-state index is -0.519. The van der Waals surface area contributed by atoms with Crippen molar-refractivity contribution in [1.82, 2.24) is 4.98 Å². The predicted molar refractivity (Wildman–Crippen MR) is 103 cm³/mol. The Kier molecular flexibility index (Phi) is 7.37. The number of esters is 2. The third-order valence-corrected chi connectivity index (χ3v) is 4.14. The number of benzene rings is 1. The molecular weight excluding hydrogens is 362 g/mol. The highest BCUT2D eigenvalue weighted by atomic mass is 16.5. The zero-order valence-electron chi connectivity index (χ0n) is 16.6. The normalized spacial score (nSPS) is 10.4. The molecule has 1 N–H and O–H groups in total. The van der Waals surface area contributed by atoms with Crippen molar-refractivity contribution in [3.8, 4) is 5.75 Å². The number of ketones is 1. The van der Waals surface area contributed by atoms with E-state index in [0.717, 1.165) is 11.3 Å². The molecule has 7 heteroatoms. The van der Waals surface area contributed by atoms with Crippen LogP contribution in [-0.4, -0.2) is 42.5 Å². The van der Waals surface area contributed by atoms with Crippen LogP contribution in [0.15, 0.2) is 24.3 Å². The maximum Gasteiger partial charge on any atom is 0.355 e. The molecule has 0 aliphatic heterocycles. The maximum absolute atomic E-state index is 12.5. The van der Waals surface area contributed by atoms with E-state index in [1.807, 2.05) is 6.92 Å². The molecular formula is C21H25NO6. The molecule has 0 spiro atoms. The van der Waals surface area contributed by atoms with Crippen LogP contribution in [0.4, 0.5) is 0 Å². The number of aromatic amines is 1. The number of nitrogens with one attached hydrogen (secondary N) is 1. The van der Waals surface area contributed by atoms with Gasteiger partial charge in [-0.25, -0.2) is 4.79 Å². The summed E-state index contributed by atoms with van der Waals surface area (Å²) in [7, 11) is 0. The lowest BCUT2D eigenvalue weighted by molar-refractivity contribution is -0.141. The van der Waals surface area contributed by atoms with E-state index in [4.69, 9.17) is 14.2 Å². The SMILES string of the molecule is CCOC(=O)c1[nH]c(C)c(C(=O)COC(=O)Cc2ccc(OCC)cc2)c1C. The van der Waals surface area contributed by atoms with Gasteiger partial charge in [0.1, 0.15) is 11.4 Å². The third-order valence-electron chi connectivity index (χ3n) is 4.14. The standard InChI is InChI=1S/C21H25NO6/c1-5-26-16-9-7-15(8-10-16)11-18(24)28-12-17(23)19-13(3)20(22-14(19)4)21(25)27-6-2/h7-10,22H,5-6,11-12H2,1-4H3. The molecule has 0 aliphatic rings. The zero-order valence-corrected chi connectivity index (χ0v) is 16.6. The van der Waals surface area contributed by atoms with Crippen molar-refractivity contribution in [1.29, 1.82) is 0 Å². The molecule has 0 unspecified atom stereocenters. The fourth-order valence-corrected chi connectivity index (χ4v) is 2.88. The monoisotopic (exact) mass is 387 g/mol. The van der Waals surface area contributed by atoms with Crippen LogP contribution >= 0.6 is 0 Å². The van der Waals surface area contributed by atoms with E-state index < -0.39 is 18.5 Å². The summed E-state index contributed by atoms with van der Waals surface area (Å²) in [6, 6.07) is 7.11. The molecule has 0 saturated carbocycles. The van der Waals surface area contributed by atoms with Gasteiger partial charge in [0.25, 0.3) is 0 Å². The van der Waals surface area contributed by atoms with Crippen LogP contribution in [-0.2, 0) is 20.7 Å². The summed E-state index contributed by atoms with van der Waals surface area (Å²) in [6.07, 6.45) is 0.0544. The Morgan fingerprint density at radius 3 is 2.25 bits per heavy atom. The Morgan fingerprint density at radius 1 is 0.964 bits per heavy atom. The molecule has 1 heterocycles. The van der Waals surface area contributed by atoms with Crippen molar-refractivity contribution >= 4 is 17.7 Å². The van der Waals surface area contributed by atoms with Gasteiger partial charge in [0.2, 0.25) is 5.78 Å². The summed E-state index contributed by atoms with van der Waals surface area (Å²) < 4.78 is 15.4. The second kappa shape index (κ2) is 9.73. The Labute approximate surface area is 164 Å². The van der Waals surface area contributed by atoms with Crippen LogP contribution in [0.25, 0.3) is 0 Å². The second-order valence-electron chi connectivity index (χ2n) is 6.18. The van der Waals surface area contributed by atoms with Gasteiger partial charge in [-0.05, 0) is 51.0 Å². The number of Topliss-reactive ketones (excluding diaryl/α,β-unsaturated/α-hetero) is 1. The first-order chi connectivity index (χ1) is 13.4. The molecule has 2 rings (SSSR count). The smallest absolute Gasteiger partial charge is 0.355 e. The molecule has 0 radical (unpaired) electrons. The van der Waals surface area contributed by atoms with Crippen LogP contribution < -0.4 is 4.74 Å². The molecule has 7 nitrogen and oxygen atoms in total. The Hall–Kier alpha value is -3.09. The van der Waals surface area contributed by atoms with Crippen molar-refractivity contribution in [3.63, 3.8) is 0 Å². The van der Waals surface area contributed by atoms with Gasteiger partial charge >= 0.3 is 11.9 Å². The van der Waals surface area contributed by atoms with Crippen molar-refractivity contribution in [2.75, 3.05) is 19.8 Å². The van der Waals surface area contributed by atoms with E-state index in [9.17, 15) is 14.4 Å². The number of aryl methyl sites for hydroxylation is 1. The number of carbonyl (C=O) groups excluding carboxylic acids is 3. The second-order valence-corrected chi connectivity index (χ2v) is 6.18. The highest BCUT2D eigenvalue weighted by Gasteiger charge is 2.23. The summed E-state index contributed by atoms with van der Waals surface area (Å²) in [5.41, 5.74) is 2.37. The number of aromatic nitrogens is 1. The van der Waals surface area contributed by atoms with Gasteiger partial charge in [-0.3, -0.25) is 9.59 Å². The van der Waals surface area contributed by atoms with E-state index in [2.05, 4.69) is 4.98 Å². The summed E-state index contributed by atoms with van der Waals surface area (Å²) in [6.45, 7) is 7.36. The Morgan fingerprint density at radius 2 is 1.64 bits per heavy atom. The molecule has 0 aliphatic carbocycles. The quantitative estimate of drug-likeness (QED) is 0.525. The lowest BCUT2D eigenvalue weighted by Gasteiger charge is -2.07. The summed E-state index contributed by atoms with van der Waals surface area (Å²) in [5, 5.41) is 0. The average Bonchev–Trinajstić information content (AvgIpc) is 2.96. The highest BCUT2D eigenvalue weighted by Crippen LogP contribution is 2.20.